The van der Waals surface area contributed by atoms with E-state index in [4.69, 9.17) is 21.1 Å². The summed E-state index contributed by atoms with van der Waals surface area (Å²) in [5.41, 5.74) is 1.22. The molecule has 0 radical (unpaired) electrons. The van der Waals surface area contributed by atoms with E-state index in [1.165, 1.54) is 0 Å². The summed E-state index contributed by atoms with van der Waals surface area (Å²) in [4.78, 5) is 33.1. The zero-order chi connectivity index (χ0) is 20.2. The summed E-state index contributed by atoms with van der Waals surface area (Å²) in [5, 5.41) is 2.99. The molecule has 1 fully saturated rings. The number of anilines is 2. The Morgan fingerprint density at radius 3 is 2.76 bits per heavy atom. The summed E-state index contributed by atoms with van der Waals surface area (Å²) in [5.74, 6) is 0.232. The summed E-state index contributed by atoms with van der Waals surface area (Å²) in [6, 6.07) is 10.8. The molecule has 8 nitrogen and oxygen atoms in total. The molecule has 4 rings (SSSR count). The normalized spacial score (nSPS) is 18.6. The van der Waals surface area contributed by atoms with Crippen molar-refractivity contribution in [3.05, 3.63) is 47.7 Å². The Bertz CT molecular complexity index is 904. The Balaban J connectivity index is 1.49. The summed E-state index contributed by atoms with van der Waals surface area (Å²) in [6.45, 7) is 2.46. The molecule has 0 saturated carbocycles. The van der Waals surface area contributed by atoms with Gasteiger partial charge in [0.1, 0.15) is 5.75 Å². The molecule has 2 amide bonds. The van der Waals surface area contributed by atoms with Gasteiger partial charge in [0.05, 0.1) is 37.7 Å². The van der Waals surface area contributed by atoms with Crippen molar-refractivity contribution in [1.82, 2.24) is 9.88 Å². The van der Waals surface area contributed by atoms with E-state index < -0.39 is 6.10 Å². The van der Waals surface area contributed by atoms with E-state index in [1.54, 1.807) is 29.3 Å². The first kappa shape index (κ1) is 19.5. The Hall–Kier alpha value is -2.84. The summed E-state index contributed by atoms with van der Waals surface area (Å²) in [7, 11) is 0. The quantitative estimate of drug-likeness (QED) is 0.765. The maximum absolute atomic E-state index is 12.9. The SMILES string of the molecule is O=C(CN1C[C@H](C(=O)N2CCOCC2)Oc2ccccc21)Nc1cccnc1Cl. The number of pyridine rings is 1. The highest BCUT2D eigenvalue weighted by Crippen LogP contribution is 2.33. The minimum atomic E-state index is -0.683. The second-order valence-corrected chi connectivity index (χ2v) is 7.14. The molecule has 1 aromatic carbocycles. The fourth-order valence-corrected chi connectivity index (χ4v) is 3.58. The standard InChI is InChI=1S/C20H21ClN4O4/c21-19-14(4-3-7-22-19)23-18(26)13-25-12-17(20(27)24-8-10-28-11-9-24)29-16-6-2-1-5-15(16)25/h1-7,17H,8-13H2,(H,23,26)/t17-/m1/s1. The average molecular weight is 417 g/mol. The van der Waals surface area contributed by atoms with Gasteiger partial charge in [0, 0.05) is 19.3 Å². The van der Waals surface area contributed by atoms with Crippen LogP contribution in [0.3, 0.4) is 0 Å². The van der Waals surface area contributed by atoms with Gasteiger partial charge >= 0.3 is 0 Å². The zero-order valence-electron chi connectivity index (χ0n) is 15.7. The van der Waals surface area contributed by atoms with Gasteiger partial charge in [-0.15, -0.1) is 0 Å². The van der Waals surface area contributed by atoms with E-state index in [-0.39, 0.29) is 30.1 Å². The molecule has 2 aromatic rings. The third-order valence-corrected chi connectivity index (χ3v) is 5.13. The largest absolute Gasteiger partial charge is 0.477 e. The second-order valence-electron chi connectivity index (χ2n) is 6.78. The maximum Gasteiger partial charge on any atom is 0.265 e. The van der Waals surface area contributed by atoms with Crippen molar-refractivity contribution in [2.45, 2.75) is 6.10 Å². The van der Waals surface area contributed by atoms with Crippen molar-refractivity contribution in [3.63, 3.8) is 0 Å². The Kier molecular flexibility index (Phi) is 5.82. The number of amides is 2. The molecule has 1 aromatic heterocycles. The number of ether oxygens (including phenoxy) is 2. The van der Waals surface area contributed by atoms with Crippen molar-refractivity contribution in [1.29, 1.82) is 0 Å². The number of hydrogen-bond acceptors (Lipinski definition) is 6. The van der Waals surface area contributed by atoms with Crippen LogP contribution in [-0.4, -0.2) is 67.2 Å². The second kappa shape index (κ2) is 8.67. The molecule has 0 bridgehead atoms. The van der Waals surface area contributed by atoms with Gasteiger partial charge in [-0.3, -0.25) is 9.59 Å². The van der Waals surface area contributed by atoms with Gasteiger partial charge in [-0.2, -0.15) is 0 Å². The van der Waals surface area contributed by atoms with Gasteiger partial charge in [0.2, 0.25) is 5.91 Å². The molecule has 3 heterocycles. The number of carbonyl (C=O) groups is 2. The lowest BCUT2D eigenvalue weighted by Gasteiger charge is -2.38. The Labute approximate surface area is 173 Å². The highest BCUT2D eigenvalue weighted by Gasteiger charge is 2.34. The monoisotopic (exact) mass is 416 g/mol. The van der Waals surface area contributed by atoms with Crippen LogP contribution in [0.1, 0.15) is 0 Å². The number of benzene rings is 1. The van der Waals surface area contributed by atoms with Crippen molar-refractivity contribution in [2.24, 2.45) is 0 Å². The van der Waals surface area contributed by atoms with Gasteiger partial charge in [0.15, 0.2) is 11.3 Å². The third kappa shape index (κ3) is 4.44. The van der Waals surface area contributed by atoms with E-state index in [9.17, 15) is 9.59 Å². The highest BCUT2D eigenvalue weighted by molar-refractivity contribution is 6.32. The van der Waals surface area contributed by atoms with Crippen LogP contribution in [-0.2, 0) is 14.3 Å². The first-order valence-electron chi connectivity index (χ1n) is 9.39. The average Bonchev–Trinajstić information content (AvgIpc) is 2.75. The van der Waals surface area contributed by atoms with Crippen LogP contribution in [0.2, 0.25) is 5.15 Å². The van der Waals surface area contributed by atoms with Crippen molar-refractivity contribution >= 4 is 34.8 Å². The molecule has 29 heavy (non-hydrogen) atoms. The lowest BCUT2D eigenvalue weighted by atomic mass is 10.1. The van der Waals surface area contributed by atoms with E-state index in [1.807, 2.05) is 23.1 Å². The maximum atomic E-state index is 12.9. The molecular formula is C20H21ClN4O4. The van der Waals surface area contributed by atoms with E-state index in [0.717, 1.165) is 5.69 Å². The minimum Gasteiger partial charge on any atom is -0.477 e. The van der Waals surface area contributed by atoms with Crippen molar-refractivity contribution < 1.29 is 19.1 Å². The molecular weight excluding hydrogens is 396 g/mol. The highest BCUT2D eigenvalue weighted by atomic mass is 35.5. The number of halogens is 1. The molecule has 0 unspecified atom stereocenters. The number of carbonyl (C=O) groups excluding carboxylic acids is 2. The molecule has 152 valence electrons. The van der Waals surface area contributed by atoms with Gasteiger partial charge in [-0.25, -0.2) is 4.98 Å². The molecule has 0 spiro atoms. The predicted molar refractivity (Wildman–Crippen MR) is 108 cm³/mol. The molecule has 9 heteroatoms. The summed E-state index contributed by atoms with van der Waals surface area (Å²) < 4.78 is 11.3. The molecule has 1 saturated heterocycles. The predicted octanol–water partition coefficient (Wildman–Crippen LogP) is 1.80. The van der Waals surface area contributed by atoms with Gasteiger partial charge < -0.3 is 24.6 Å². The van der Waals surface area contributed by atoms with Crippen molar-refractivity contribution in [2.75, 3.05) is 49.6 Å². The van der Waals surface area contributed by atoms with Gasteiger partial charge in [-0.1, -0.05) is 23.7 Å². The molecule has 2 aliphatic heterocycles. The number of nitrogens with zero attached hydrogens (tertiary/aromatic N) is 3. The van der Waals surface area contributed by atoms with Crippen LogP contribution in [0.25, 0.3) is 0 Å². The summed E-state index contributed by atoms with van der Waals surface area (Å²) in [6.07, 6.45) is 0.871. The molecule has 1 atom stereocenters. The van der Waals surface area contributed by atoms with E-state index in [0.29, 0.717) is 37.7 Å². The van der Waals surface area contributed by atoms with Crippen LogP contribution in [0.5, 0.6) is 5.75 Å². The van der Waals surface area contributed by atoms with Crippen LogP contribution in [0, 0.1) is 0 Å². The van der Waals surface area contributed by atoms with E-state index in [2.05, 4.69) is 10.3 Å². The van der Waals surface area contributed by atoms with Crippen molar-refractivity contribution in [3.8, 4) is 5.75 Å². The smallest absolute Gasteiger partial charge is 0.265 e. The number of hydrogen-bond donors (Lipinski definition) is 1. The Morgan fingerprint density at radius 1 is 1.17 bits per heavy atom. The zero-order valence-corrected chi connectivity index (χ0v) is 16.5. The number of rotatable bonds is 4. The van der Waals surface area contributed by atoms with Crippen LogP contribution < -0.4 is 15.0 Å². The van der Waals surface area contributed by atoms with E-state index >= 15 is 0 Å². The topological polar surface area (TPSA) is 84.0 Å². The van der Waals surface area contributed by atoms with Crippen LogP contribution in [0.4, 0.5) is 11.4 Å². The number of nitrogens with one attached hydrogen (secondary N) is 1. The third-order valence-electron chi connectivity index (χ3n) is 4.83. The number of para-hydroxylation sites is 2. The van der Waals surface area contributed by atoms with Gasteiger partial charge in [0.25, 0.3) is 5.91 Å². The fourth-order valence-electron chi connectivity index (χ4n) is 3.42. The lowest BCUT2D eigenvalue weighted by Crippen LogP contribution is -2.53. The van der Waals surface area contributed by atoms with Crippen LogP contribution >= 0.6 is 11.6 Å². The minimum absolute atomic E-state index is 0.0541. The van der Waals surface area contributed by atoms with Crippen LogP contribution in [0.15, 0.2) is 42.6 Å². The number of morpholine rings is 1. The molecule has 0 aliphatic carbocycles. The Morgan fingerprint density at radius 2 is 1.97 bits per heavy atom. The fraction of sp³-hybridized carbons (Fsp3) is 0.350. The number of aromatic nitrogens is 1. The number of fused-ring (bicyclic) bond motifs is 1. The first-order chi connectivity index (χ1) is 14.1. The van der Waals surface area contributed by atoms with Gasteiger partial charge in [-0.05, 0) is 24.3 Å². The molecule has 1 N–H and O–H groups in total. The lowest BCUT2D eigenvalue weighted by molar-refractivity contribution is -0.142. The summed E-state index contributed by atoms with van der Waals surface area (Å²) >= 11 is 6.02. The molecule has 2 aliphatic rings. The first-order valence-corrected chi connectivity index (χ1v) is 9.77.